The summed E-state index contributed by atoms with van der Waals surface area (Å²) in [6, 6.07) is 8.48. The van der Waals surface area contributed by atoms with Gasteiger partial charge >= 0.3 is 0 Å². The molecule has 0 N–H and O–H groups in total. The molecule has 26 heavy (non-hydrogen) atoms. The molecule has 0 fully saturated rings. The Morgan fingerprint density at radius 1 is 1.08 bits per heavy atom. The first-order valence-corrected chi connectivity index (χ1v) is 9.10. The lowest BCUT2D eigenvalue weighted by Gasteiger charge is -2.09. The van der Waals surface area contributed by atoms with Crippen LogP contribution >= 0.6 is 0 Å². The van der Waals surface area contributed by atoms with E-state index in [1.165, 1.54) is 5.56 Å². The number of hydrogen-bond donors (Lipinski definition) is 0. The maximum absolute atomic E-state index is 5.69. The van der Waals surface area contributed by atoms with E-state index in [1.807, 2.05) is 38.7 Å². The molecule has 3 rings (SSSR count). The van der Waals surface area contributed by atoms with E-state index in [1.54, 1.807) is 4.68 Å². The lowest BCUT2D eigenvalue weighted by atomic mass is 10.0. The molecule has 0 bridgehead atoms. The smallest absolute Gasteiger partial charge is 0.180 e. The zero-order valence-electron chi connectivity index (χ0n) is 16.4. The second-order valence-electron chi connectivity index (χ2n) is 6.85. The molecule has 0 aliphatic heterocycles. The van der Waals surface area contributed by atoms with E-state index in [9.17, 15) is 0 Å². The molecule has 3 aromatic rings. The number of aromatic nitrogens is 5. The van der Waals surface area contributed by atoms with Gasteiger partial charge in [0.1, 0.15) is 6.10 Å². The summed E-state index contributed by atoms with van der Waals surface area (Å²) in [5.74, 6) is 1.96. The molecular formula is C20H27N5O. The van der Waals surface area contributed by atoms with Gasteiger partial charge in [-0.15, -0.1) is 5.10 Å². The normalized spacial score (nSPS) is 12.7. The monoisotopic (exact) mass is 353 g/mol. The van der Waals surface area contributed by atoms with Crippen LogP contribution in [0.25, 0.3) is 17.1 Å². The van der Waals surface area contributed by atoms with E-state index in [0.29, 0.717) is 18.3 Å². The quantitative estimate of drug-likeness (QED) is 0.666. The van der Waals surface area contributed by atoms with Crippen LogP contribution in [0.2, 0.25) is 0 Å². The summed E-state index contributed by atoms with van der Waals surface area (Å²) in [4.78, 5) is 4.78. The predicted octanol–water partition coefficient (Wildman–Crippen LogP) is 4.20. The Labute approximate surface area is 154 Å². The molecule has 1 aromatic carbocycles. The van der Waals surface area contributed by atoms with Crippen LogP contribution < -0.4 is 0 Å². The van der Waals surface area contributed by atoms with Crippen molar-refractivity contribution in [1.29, 1.82) is 0 Å². The average Bonchev–Trinajstić information content (AvgIpc) is 3.18. The van der Waals surface area contributed by atoms with E-state index < -0.39 is 0 Å². The summed E-state index contributed by atoms with van der Waals surface area (Å²) in [5, 5.41) is 9.20. The van der Waals surface area contributed by atoms with Crippen LogP contribution in [-0.2, 0) is 11.8 Å². The van der Waals surface area contributed by atoms with E-state index in [0.717, 1.165) is 22.8 Å². The first kappa shape index (κ1) is 18.3. The Hall–Kier alpha value is -2.47. The van der Waals surface area contributed by atoms with Crippen LogP contribution in [-0.4, -0.2) is 31.2 Å². The Balaban J connectivity index is 2.11. The Morgan fingerprint density at radius 3 is 2.31 bits per heavy atom. The molecule has 0 spiro atoms. The van der Waals surface area contributed by atoms with E-state index in [2.05, 4.69) is 43.2 Å². The maximum atomic E-state index is 5.69. The van der Waals surface area contributed by atoms with Gasteiger partial charge in [-0.05, 0) is 44.4 Å². The lowest BCUT2D eigenvalue weighted by molar-refractivity contribution is 0.0701. The van der Waals surface area contributed by atoms with Gasteiger partial charge in [-0.25, -0.2) is 9.67 Å². The molecule has 0 aliphatic rings. The van der Waals surface area contributed by atoms with Gasteiger partial charge in [-0.3, -0.25) is 4.68 Å². The lowest BCUT2D eigenvalue weighted by Crippen LogP contribution is -2.04. The van der Waals surface area contributed by atoms with Gasteiger partial charge in [-0.2, -0.15) is 5.10 Å². The highest BCUT2D eigenvalue weighted by Gasteiger charge is 2.20. The van der Waals surface area contributed by atoms with Crippen LogP contribution in [0.15, 0.2) is 30.5 Å². The zero-order chi connectivity index (χ0) is 18.8. The first-order valence-electron chi connectivity index (χ1n) is 9.10. The van der Waals surface area contributed by atoms with Gasteiger partial charge in [0.2, 0.25) is 0 Å². The van der Waals surface area contributed by atoms with Crippen molar-refractivity contribution in [2.45, 2.75) is 46.6 Å². The molecule has 6 heteroatoms. The number of benzene rings is 1. The molecule has 1 atom stereocenters. The number of aryl methyl sites for hydroxylation is 2. The minimum atomic E-state index is -0.160. The van der Waals surface area contributed by atoms with Crippen LogP contribution in [0.4, 0.5) is 0 Å². The minimum absolute atomic E-state index is 0.160. The number of hydrogen-bond acceptors (Lipinski definition) is 4. The molecule has 0 radical (unpaired) electrons. The Morgan fingerprint density at radius 2 is 1.77 bits per heavy atom. The summed E-state index contributed by atoms with van der Waals surface area (Å²) < 4.78 is 9.39. The summed E-state index contributed by atoms with van der Waals surface area (Å²) in [6.45, 7) is 10.9. The van der Waals surface area contributed by atoms with Crippen molar-refractivity contribution in [2.75, 3.05) is 6.61 Å². The fourth-order valence-corrected chi connectivity index (χ4v) is 3.00. The fraction of sp³-hybridized carbons (Fsp3) is 0.450. The van der Waals surface area contributed by atoms with Gasteiger partial charge in [0.25, 0.3) is 0 Å². The zero-order valence-corrected chi connectivity index (χ0v) is 16.4. The molecular weight excluding hydrogens is 326 g/mol. The van der Waals surface area contributed by atoms with Crippen molar-refractivity contribution in [2.24, 2.45) is 7.05 Å². The predicted molar refractivity (Wildman–Crippen MR) is 102 cm³/mol. The minimum Gasteiger partial charge on any atom is -0.371 e. The standard InChI is InChI=1S/C20H27N5O/c1-7-26-15(5)19-21-20(18-12-24(6)22-14(18)4)25(23-19)17-10-8-16(9-11-17)13(2)3/h8-13,15H,7H2,1-6H3. The molecule has 2 aromatic heterocycles. The fourth-order valence-electron chi connectivity index (χ4n) is 3.00. The van der Waals surface area contributed by atoms with Crippen molar-refractivity contribution in [3.8, 4) is 17.1 Å². The topological polar surface area (TPSA) is 57.8 Å². The molecule has 0 aliphatic carbocycles. The van der Waals surface area contributed by atoms with Crippen LogP contribution in [0.3, 0.4) is 0 Å². The third kappa shape index (κ3) is 3.55. The van der Waals surface area contributed by atoms with Gasteiger partial charge in [-0.1, -0.05) is 26.0 Å². The van der Waals surface area contributed by atoms with Crippen molar-refractivity contribution in [3.05, 3.63) is 47.5 Å². The second kappa shape index (κ2) is 7.41. The van der Waals surface area contributed by atoms with E-state index >= 15 is 0 Å². The molecule has 2 heterocycles. The average molecular weight is 353 g/mol. The summed E-state index contributed by atoms with van der Waals surface area (Å²) in [7, 11) is 1.92. The van der Waals surface area contributed by atoms with Crippen LogP contribution in [0.5, 0.6) is 0 Å². The first-order chi connectivity index (χ1) is 12.4. The molecule has 1 unspecified atom stereocenters. The molecule has 0 saturated heterocycles. The van der Waals surface area contributed by atoms with Crippen molar-refractivity contribution >= 4 is 0 Å². The number of rotatable bonds is 6. The summed E-state index contributed by atoms with van der Waals surface area (Å²) >= 11 is 0. The van der Waals surface area contributed by atoms with Crippen molar-refractivity contribution in [1.82, 2.24) is 24.5 Å². The molecule has 6 nitrogen and oxygen atoms in total. The summed E-state index contributed by atoms with van der Waals surface area (Å²) in [5.41, 5.74) is 4.18. The molecule has 0 amide bonds. The number of nitrogens with zero attached hydrogens (tertiary/aromatic N) is 5. The summed E-state index contributed by atoms with van der Waals surface area (Å²) in [6.07, 6.45) is 1.82. The Kier molecular flexibility index (Phi) is 5.23. The third-order valence-electron chi connectivity index (χ3n) is 4.46. The molecule has 138 valence electrons. The van der Waals surface area contributed by atoms with Gasteiger partial charge in [0.05, 0.1) is 16.9 Å². The highest BCUT2D eigenvalue weighted by Crippen LogP contribution is 2.27. The van der Waals surface area contributed by atoms with E-state index in [-0.39, 0.29) is 6.10 Å². The SMILES string of the molecule is CCOC(C)c1nc(-c2cn(C)nc2C)n(-c2ccc(C(C)C)cc2)n1. The maximum Gasteiger partial charge on any atom is 0.180 e. The van der Waals surface area contributed by atoms with Crippen molar-refractivity contribution < 1.29 is 4.74 Å². The van der Waals surface area contributed by atoms with Gasteiger partial charge < -0.3 is 4.74 Å². The highest BCUT2D eigenvalue weighted by atomic mass is 16.5. The van der Waals surface area contributed by atoms with Gasteiger partial charge in [0.15, 0.2) is 11.6 Å². The van der Waals surface area contributed by atoms with Gasteiger partial charge in [0, 0.05) is 19.9 Å². The molecule has 0 saturated carbocycles. The van der Waals surface area contributed by atoms with Crippen LogP contribution in [0, 0.1) is 6.92 Å². The third-order valence-corrected chi connectivity index (χ3v) is 4.46. The number of ether oxygens (including phenoxy) is 1. The highest BCUT2D eigenvalue weighted by molar-refractivity contribution is 5.60. The Bertz CT molecular complexity index is 876. The van der Waals surface area contributed by atoms with Crippen molar-refractivity contribution in [3.63, 3.8) is 0 Å². The largest absolute Gasteiger partial charge is 0.371 e. The van der Waals surface area contributed by atoms with E-state index in [4.69, 9.17) is 14.8 Å². The van der Waals surface area contributed by atoms with Crippen LogP contribution in [0.1, 0.15) is 56.8 Å². The second-order valence-corrected chi connectivity index (χ2v) is 6.85.